The van der Waals surface area contributed by atoms with Crippen LogP contribution in [0.15, 0.2) is 97.5 Å². The lowest BCUT2D eigenvalue weighted by atomic mass is 10.0. The third-order valence-corrected chi connectivity index (χ3v) is 11.6. The predicted octanol–water partition coefficient (Wildman–Crippen LogP) is 7.49. The SMILES string of the molecule is COC(=O)NC(C(=O)N1CCCC1c1ncc(-c2cnc3cc(-c4ccc(-c5cnc(C6CCCN6C(=O)C(NC(=O)OC)C(C)C)[nH]5)cc4)ccc3c2)[nH]1)c1ccccc1. The molecule has 0 bridgehead atoms. The zero-order valence-corrected chi connectivity index (χ0v) is 34.6. The number of aromatic amines is 2. The summed E-state index contributed by atoms with van der Waals surface area (Å²) in [4.78, 5) is 76.4. The molecule has 4 atom stereocenters. The number of carbonyl (C=O) groups excluding carboxylic acids is 4. The van der Waals surface area contributed by atoms with Crippen molar-refractivity contribution in [3.8, 4) is 33.6 Å². The molecule has 2 aliphatic heterocycles. The van der Waals surface area contributed by atoms with Crippen molar-refractivity contribution in [3.05, 3.63) is 115 Å². The van der Waals surface area contributed by atoms with Crippen LogP contribution in [0.1, 0.15) is 74.9 Å². The van der Waals surface area contributed by atoms with Crippen LogP contribution >= 0.6 is 0 Å². The molecule has 15 heteroatoms. The fraction of sp³-hybridized carbons (Fsp3) is 0.326. The number of carbonyl (C=O) groups is 4. The van der Waals surface area contributed by atoms with Crippen LogP contribution in [0.5, 0.6) is 0 Å². The number of methoxy groups -OCH3 is 2. The summed E-state index contributed by atoms with van der Waals surface area (Å²) in [5.41, 5.74) is 7.05. The van der Waals surface area contributed by atoms with Crippen LogP contribution in [-0.2, 0) is 19.1 Å². The predicted molar refractivity (Wildman–Crippen MR) is 229 cm³/mol. The van der Waals surface area contributed by atoms with Gasteiger partial charge in [-0.3, -0.25) is 14.6 Å². The third kappa shape index (κ3) is 8.54. The van der Waals surface area contributed by atoms with Gasteiger partial charge < -0.3 is 39.9 Å². The number of benzene rings is 3. The van der Waals surface area contributed by atoms with Crippen molar-refractivity contribution < 1.29 is 28.7 Å². The molecular weight excluding hydrogens is 775 g/mol. The quantitative estimate of drug-likeness (QED) is 0.103. The van der Waals surface area contributed by atoms with Crippen molar-refractivity contribution in [1.82, 2.24) is 45.4 Å². The lowest BCUT2D eigenvalue weighted by Crippen LogP contribution is -2.51. The summed E-state index contributed by atoms with van der Waals surface area (Å²) >= 11 is 0. The largest absolute Gasteiger partial charge is 0.453 e. The van der Waals surface area contributed by atoms with Gasteiger partial charge in [0, 0.05) is 30.2 Å². The Morgan fingerprint density at radius 3 is 1.85 bits per heavy atom. The molecule has 8 rings (SSSR count). The van der Waals surface area contributed by atoms with Gasteiger partial charge in [-0.05, 0) is 66.0 Å². The van der Waals surface area contributed by atoms with E-state index >= 15 is 0 Å². The number of aromatic nitrogens is 5. The molecule has 4 amide bonds. The first kappa shape index (κ1) is 40.7. The summed E-state index contributed by atoms with van der Waals surface area (Å²) in [6.07, 6.45) is 7.25. The Labute approximate surface area is 353 Å². The first-order chi connectivity index (χ1) is 29.6. The minimum atomic E-state index is -0.891. The molecule has 6 aromatic rings. The first-order valence-electron chi connectivity index (χ1n) is 20.6. The Balaban J connectivity index is 0.943. The highest BCUT2D eigenvalue weighted by atomic mass is 16.5. The van der Waals surface area contributed by atoms with E-state index in [2.05, 4.69) is 62.0 Å². The summed E-state index contributed by atoms with van der Waals surface area (Å²) in [7, 11) is 2.57. The van der Waals surface area contributed by atoms with Gasteiger partial charge in [0.25, 0.3) is 5.91 Å². The highest BCUT2D eigenvalue weighted by Crippen LogP contribution is 2.36. The number of H-pyrrole nitrogens is 2. The van der Waals surface area contributed by atoms with Gasteiger partial charge in [0.1, 0.15) is 23.7 Å². The zero-order valence-electron chi connectivity index (χ0n) is 34.6. The normalized spacial score (nSPS) is 17.3. The van der Waals surface area contributed by atoms with Crippen molar-refractivity contribution >= 4 is 34.9 Å². The molecule has 5 heterocycles. The van der Waals surface area contributed by atoms with Crippen molar-refractivity contribution in [3.63, 3.8) is 0 Å². The van der Waals surface area contributed by atoms with Gasteiger partial charge in [0.05, 0.1) is 55.6 Å². The van der Waals surface area contributed by atoms with Crippen molar-refractivity contribution in [1.29, 1.82) is 0 Å². The van der Waals surface area contributed by atoms with Crippen LogP contribution in [0.25, 0.3) is 44.5 Å². The number of alkyl carbamates (subject to hydrolysis) is 2. The van der Waals surface area contributed by atoms with Crippen molar-refractivity contribution in [2.24, 2.45) is 5.92 Å². The summed E-state index contributed by atoms with van der Waals surface area (Å²) in [5, 5.41) is 6.38. The molecule has 4 N–H and O–H groups in total. The van der Waals surface area contributed by atoms with Gasteiger partial charge in [-0.1, -0.05) is 80.6 Å². The van der Waals surface area contributed by atoms with Crippen LogP contribution in [-0.4, -0.2) is 92.1 Å². The van der Waals surface area contributed by atoms with E-state index in [1.165, 1.54) is 14.2 Å². The van der Waals surface area contributed by atoms with E-state index in [1.807, 2.05) is 62.5 Å². The molecule has 3 aromatic carbocycles. The van der Waals surface area contributed by atoms with E-state index < -0.39 is 24.3 Å². The molecule has 2 fully saturated rings. The van der Waals surface area contributed by atoms with Crippen LogP contribution < -0.4 is 10.6 Å². The number of nitrogens with zero attached hydrogens (tertiary/aromatic N) is 5. The molecule has 2 saturated heterocycles. The van der Waals surface area contributed by atoms with E-state index in [9.17, 15) is 19.2 Å². The number of fused-ring (bicyclic) bond motifs is 1. The fourth-order valence-corrected chi connectivity index (χ4v) is 8.38. The summed E-state index contributed by atoms with van der Waals surface area (Å²) in [5.74, 6) is 0.915. The zero-order chi connectivity index (χ0) is 42.6. The van der Waals surface area contributed by atoms with E-state index in [4.69, 9.17) is 19.4 Å². The second kappa shape index (κ2) is 17.7. The number of rotatable bonds is 11. The van der Waals surface area contributed by atoms with E-state index in [0.717, 1.165) is 76.1 Å². The average Bonchev–Trinajstić information content (AvgIpc) is 4.14. The van der Waals surface area contributed by atoms with E-state index in [1.54, 1.807) is 22.2 Å². The smallest absolute Gasteiger partial charge is 0.407 e. The summed E-state index contributed by atoms with van der Waals surface area (Å²) in [6, 6.07) is 23.6. The Morgan fingerprint density at radius 1 is 0.656 bits per heavy atom. The number of nitrogens with one attached hydrogen (secondary N) is 4. The number of hydrogen-bond acceptors (Lipinski definition) is 9. The molecule has 314 valence electrons. The Hall–Kier alpha value is -7.03. The molecule has 2 aliphatic rings. The van der Waals surface area contributed by atoms with Gasteiger partial charge in [-0.15, -0.1) is 0 Å². The molecule has 0 aliphatic carbocycles. The van der Waals surface area contributed by atoms with E-state index in [0.29, 0.717) is 24.5 Å². The van der Waals surface area contributed by atoms with Crippen molar-refractivity contribution in [2.45, 2.75) is 63.7 Å². The molecule has 4 unspecified atom stereocenters. The molecule has 61 heavy (non-hydrogen) atoms. The molecular formula is C46H49N9O6. The number of ether oxygens (including phenoxy) is 2. The average molecular weight is 824 g/mol. The topological polar surface area (TPSA) is 188 Å². The fourth-order valence-electron chi connectivity index (χ4n) is 8.38. The highest BCUT2D eigenvalue weighted by molar-refractivity contribution is 5.89. The number of hydrogen-bond donors (Lipinski definition) is 4. The molecule has 0 radical (unpaired) electrons. The van der Waals surface area contributed by atoms with Crippen LogP contribution in [0, 0.1) is 5.92 Å². The van der Waals surface area contributed by atoms with Gasteiger partial charge in [-0.25, -0.2) is 19.6 Å². The highest BCUT2D eigenvalue weighted by Gasteiger charge is 2.39. The lowest BCUT2D eigenvalue weighted by molar-refractivity contribution is -0.135. The lowest BCUT2D eigenvalue weighted by Gasteiger charge is -2.30. The number of amides is 4. The number of likely N-dealkylation sites (tertiary alicyclic amines) is 2. The standard InChI is InChI=1S/C46H49N9O6/c1-27(2)39(52-45(58)60-3)43(56)54-20-8-12-37(54)41-48-25-35(50-41)29-16-14-28(15-17-29)31-18-19-32-22-33(24-47-34(32)23-31)36-26-49-42(51-36)38-13-9-21-55(38)44(57)40(53-46(59)61-4)30-10-6-5-7-11-30/h5-7,10-11,14-19,22-27,37-40H,8-9,12-13,20-21H2,1-4H3,(H,48,50)(H,49,51)(H,52,58)(H,53,59). The maximum Gasteiger partial charge on any atom is 0.407 e. The molecule has 15 nitrogen and oxygen atoms in total. The maximum absolute atomic E-state index is 13.9. The summed E-state index contributed by atoms with van der Waals surface area (Å²) in [6.45, 7) is 4.93. The second-order valence-electron chi connectivity index (χ2n) is 15.8. The maximum atomic E-state index is 13.9. The Kier molecular flexibility index (Phi) is 11.8. The van der Waals surface area contributed by atoms with Crippen LogP contribution in [0.3, 0.4) is 0 Å². The van der Waals surface area contributed by atoms with Gasteiger partial charge in [-0.2, -0.15) is 0 Å². The Bertz CT molecular complexity index is 2540. The second-order valence-corrected chi connectivity index (χ2v) is 15.8. The van der Waals surface area contributed by atoms with Gasteiger partial charge >= 0.3 is 12.2 Å². The molecule has 3 aromatic heterocycles. The molecule has 0 spiro atoms. The van der Waals surface area contributed by atoms with E-state index in [-0.39, 0.29) is 29.8 Å². The third-order valence-electron chi connectivity index (χ3n) is 11.6. The minimum absolute atomic E-state index is 0.111. The number of imidazole rings is 2. The monoisotopic (exact) mass is 823 g/mol. The minimum Gasteiger partial charge on any atom is -0.453 e. The van der Waals surface area contributed by atoms with Gasteiger partial charge in [0.15, 0.2) is 0 Å². The van der Waals surface area contributed by atoms with Crippen LogP contribution in [0.4, 0.5) is 9.59 Å². The van der Waals surface area contributed by atoms with Crippen molar-refractivity contribution in [2.75, 3.05) is 27.3 Å². The van der Waals surface area contributed by atoms with Gasteiger partial charge in [0.2, 0.25) is 5.91 Å². The molecule has 0 saturated carbocycles. The summed E-state index contributed by atoms with van der Waals surface area (Å²) < 4.78 is 9.59. The van der Waals surface area contributed by atoms with Crippen LogP contribution in [0.2, 0.25) is 0 Å². The first-order valence-corrected chi connectivity index (χ1v) is 20.6. The number of pyridine rings is 1. The Morgan fingerprint density at radius 2 is 1.23 bits per heavy atom.